The fourth-order valence-corrected chi connectivity index (χ4v) is 4.10. The van der Waals surface area contributed by atoms with Crippen molar-refractivity contribution >= 4 is 41.3 Å². The summed E-state index contributed by atoms with van der Waals surface area (Å²) in [7, 11) is 0. The molecule has 1 aliphatic rings. The van der Waals surface area contributed by atoms with E-state index in [9.17, 15) is 0 Å². The standard InChI is InChI=1S/C12H12N6S.C9H9N3S.C2H3ClN4/c1-8-3-2-4-9(5-8)11-14-12(17-16-11)19-7-10-6-13-18-15-10;1-6-3-2-4-7(5-6)8-10-9(13)12-11-8;3-1-2-4-6-7-5-2/h2-5H,6-7H2,1H3,(H,14,16,17);2-5H,1H3,(H2,10,11,12,13);1H2,(H,4,5,6,7). The van der Waals surface area contributed by atoms with Gasteiger partial charge in [0.05, 0.1) is 11.6 Å². The third-order valence-corrected chi connectivity index (χ3v) is 6.28. The molecule has 0 amide bonds. The summed E-state index contributed by atoms with van der Waals surface area (Å²) in [5.74, 6) is 3.14. The fraction of sp³-hybridized carbons (Fsp3) is 0.217. The summed E-state index contributed by atoms with van der Waals surface area (Å²) in [6.45, 7) is 4.69. The van der Waals surface area contributed by atoms with Gasteiger partial charge in [-0.25, -0.2) is 4.98 Å². The zero-order valence-electron chi connectivity index (χ0n) is 21.0. The van der Waals surface area contributed by atoms with Crippen LogP contribution in [0.1, 0.15) is 17.0 Å². The van der Waals surface area contributed by atoms with Gasteiger partial charge in [0.15, 0.2) is 17.5 Å². The van der Waals surface area contributed by atoms with Crippen LogP contribution in [-0.2, 0) is 5.88 Å². The molecule has 3 aromatic heterocycles. The molecule has 0 bridgehead atoms. The van der Waals surface area contributed by atoms with Crippen molar-refractivity contribution in [3.63, 3.8) is 0 Å². The second kappa shape index (κ2) is 14.2. The van der Waals surface area contributed by atoms with Crippen molar-refractivity contribution in [3.8, 4) is 22.8 Å². The number of hydrogen-bond acceptors (Lipinski definition) is 11. The van der Waals surface area contributed by atoms with Gasteiger partial charge in [0.25, 0.3) is 0 Å². The monoisotopic (exact) mass is 581 g/mol. The molecular weight excluding hydrogens is 558 g/mol. The maximum Gasteiger partial charge on any atom is 0.213 e. The Morgan fingerprint density at radius 2 is 1.69 bits per heavy atom. The van der Waals surface area contributed by atoms with Gasteiger partial charge in [-0.3, -0.25) is 15.3 Å². The molecule has 0 radical (unpaired) electrons. The van der Waals surface area contributed by atoms with E-state index in [0.717, 1.165) is 34.2 Å². The molecule has 16 heteroatoms. The van der Waals surface area contributed by atoms with Gasteiger partial charge in [-0.2, -0.15) is 15.3 Å². The van der Waals surface area contributed by atoms with Crippen LogP contribution in [0.5, 0.6) is 0 Å². The normalized spacial score (nSPS) is 11.8. The lowest BCUT2D eigenvalue weighted by Gasteiger charge is -1.97. The minimum Gasteiger partial charge on any atom is -0.282 e. The number of nitrogens with zero attached hydrogens (tertiary/aromatic N) is 9. The van der Waals surface area contributed by atoms with Crippen LogP contribution >= 0.6 is 35.6 Å². The average Bonchev–Trinajstić information content (AvgIpc) is 3.76. The molecule has 0 atom stereocenters. The molecule has 0 aliphatic carbocycles. The van der Waals surface area contributed by atoms with E-state index in [-0.39, 0.29) is 0 Å². The first kappa shape index (κ1) is 27.9. The fourth-order valence-electron chi connectivity index (χ4n) is 3.13. The van der Waals surface area contributed by atoms with Gasteiger partial charge < -0.3 is 0 Å². The van der Waals surface area contributed by atoms with Crippen LogP contribution in [0.2, 0.25) is 0 Å². The minimum absolute atomic E-state index is 0.316. The molecule has 0 fully saturated rings. The van der Waals surface area contributed by atoms with Crippen LogP contribution in [0.25, 0.3) is 22.8 Å². The quantitative estimate of drug-likeness (QED) is 0.122. The summed E-state index contributed by atoms with van der Waals surface area (Å²) in [5.41, 5.74) is 5.45. The van der Waals surface area contributed by atoms with E-state index in [4.69, 9.17) is 23.8 Å². The van der Waals surface area contributed by atoms with Gasteiger partial charge in [-0.15, -0.1) is 32.0 Å². The number of tetrazole rings is 1. The second-order valence-corrected chi connectivity index (χ2v) is 9.62. The number of H-pyrrole nitrogens is 4. The van der Waals surface area contributed by atoms with Gasteiger partial charge in [-0.05, 0) is 43.4 Å². The van der Waals surface area contributed by atoms with Crippen molar-refractivity contribution in [1.82, 2.24) is 51.0 Å². The largest absolute Gasteiger partial charge is 0.282 e. The molecule has 5 aromatic rings. The number of halogens is 1. The first-order valence-corrected chi connectivity index (χ1v) is 13.5. The van der Waals surface area contributed by atoms with Crippen molar-refractivity contribution < 1.29 is 0 Å². The number of thioether (sulfide) groups is 1. The van der Waals surface area contributed by atoms with Gasteiger partial charge >= 0.3 is 0 Å². The maximum absolute atomic E-state index is 5.28. The molecule has 4 N–H and O–H groups in total. The van der Waals surface area contributed by atoms with E-state index in [2.05, 4.69) is 91.5 Å². The molecule has 200 valence electrons. The van der Waals surface area contributed by atoms with Gasteiger partial charge in [0.1, 0.15) is 6.54 Å². The molecule has 0 spiro atoms. The van der Waals surface area contributed by atoms with Crippen molar-refractivity contribution in [1.29, 1.82) is 0 Å². The van der Waals surface area contributed by atoms with E-state index in [1.807, 2.05) is 37.3 Å². The Bertz CT molecular complexity index is 1590. The number of benzene rings is 2. The third kappa shape index (κ3) is 8.73. The van der Waals surface area contributed by atoms with Crippen molar-refractivity contribution in [2.24, 2.45) is 15.4 Å². The van der Waals surface area contributed by atoms with Crippen LogP contribution in [-0.4, -0.2) is 69.0 Å². The number of hydrogen-bond donors (Lipinski definition) is 4. The minimum atomic E-state index is 0.316. The zero-order chi connectivity index (χ0) is 27.5. The Hall–Kier alpha value is -4.08. The molecule has 4 heterocycles. The SMILES string of the molecule is Cc1cccc(-c2nc(=S)[nH][nH]2)c1.Cc1cccc(-c2nc(SCC3=NN=NC3)n[nH]2)c1.ClCc1nn[nH]n1. The van der Waals surface area contributed by atoms with E-state index in [1.165, 1.54) is 22.9 Å². The zero-order valence-corrected chi connectivity index (χ0v) is 23.3. The van der Waals surface area contributed by atoms with E-state index in [0.29, 0.717) is 28.2 Å². The predicted octanol–water partition coefficient (Wildman–Crippen LogP) is 5.08. The number of aryl methyl sites for hydroxylation is 2. The Kier molecular flexibility index (Phi) is 10.2. The van der Waals surface area contributed by atoms with E-state index < -0.39 is 0 Å². The summed E-state index contributed by atoms with van der Waals surface area (Å²) < 4.78 is 0.483. The first-order chi connectivity index (χ1) is 19.0. The lowest BCUT2D eigenvalue weighted by atomic mass is 10.1. The average molecular weight is 582 g/mol. The Balaban J connectivity index is 0.000000152. The lowest BCUT2D eigenvalue weighted by Crippen LogP contribution is -2.02. The highest BCUT2D eigenvalue weighted by atomic mass is 35.5. The van der Waals surface area contributed by atoms with Gasteiger partial charge in [-0.1, -0.05) is 64.5 Å². The summed E-state index contributed by atoms with van der Waals surface area (Å²) in [4.78, 5) is 8.59. The van der Waals surface area contributed by atoms with Crippen LogP contribution in [0, 0.1) is 18.6 Å². The summed E-state index contributed by atoms with van der Waals surface area (Å²) >= 11 is 11.7. The van der Waals surface area contributed by atoms with E-state index in [1.54, 1.807) is 0 Å². The molecular formula is C23H24ClN13S2. The molecule has 13 nitrogen and oxygen atoms in total. The number of nitrogens with one attached hydrogen (secondary N) is 4. The summed E-state index contributed by atoms with van der Waals surface area (Å²) in [5, 5.41) is 37.5. The highest BCUT2D eigenvalue weighted by Gasteiger charge is 2.10. The third-order valence-electron chi connectivity index (χ3n) is 4.93. The smallest absolute Gasteiger partial charge is 0.213 e. The van der Waals surface area contributed by atoms with Crippen molar-refractivity contribution in [3.05, 3.63) is 70.3 Å². The maximum atomic E-state index is 5.28. The highest BCUT2D eigenvalue weighted by Crippen LogP contribution is 2.20. The summed E-state index contributed by atoms with van der Waals surface area (Å²) in [6, 6.07) is 16.3. The molecule has 0 saturated carbocycles. The topological polar surface area (TPSA) is 178 Å². The van der Waals surface area contributed by atoms with E-state index >= 15 is 0 Å². The van der Waals surface area contributed by atoms with Crippen LogP contribution in [0.3, 0.4) is 0 Å². The second-order valence-electron chi connectivity index (χ2n) is 8.03. The molecule has 1 aliphatic heterocycles. The Labute approximate surface area is 237 Å². The van der Waals surface area contributed by atoms with Gasteiger partial charge in [0, 0.05) is 16.9 Å². The van der Waals surface area contributed by atoms with Gasteiger partial charge in [0.2, 0.25) is 9.93 Å². The lowest BCUT2D eigenvalue weighted by molar-refractivity contribution is 0.881. The molecule has 2 aromatic carbocycles. The number of rotatable bonds is 6. The number of alkyl halides is 1. The van der Waals surface area contributed by atoms with Crippen LogP contribution in [0.15, 0.2) is 69.1 Å². The molecule has 39 heavy (non-hydrogen) atoms. The number of aromatic amines is 4. The van der Waals surface area contributed by atoms with Crippen LogP contribution in [0.4, 0.5) is 0 Å². The predicted molar refractivity (Wildman–Crippen MR) is 152 cm³/mol. The molecule has 6 rings (SSSR count). The van der Waals surface area contributed by atoms with Crippen LogP contribution < -0.4 is 0 Å². The molecule has 0 saturated heterocycles. The Morgan fingerprint density at radius 1 is 0.949 bits per heavy atom. The first-order valence-electron chi connectivity index (χ1n) is 11.5. The van der Waals surface area contributed by atoms with Crippen molar-refractivity contribution in [2.45, 2.75) is 24.9 Å². The Morgan fingerprint density at radius 3 is 2.23 bits per heavy atom. The number of aromatic nitrogens is 10. The summed E-state index contributed by atoms with van der Waals surface area (Å²) in [6.07, 6.45) is 0. The van der Waals surface area contributed by atoms with Crippen molar-refractivity contribution in [2.75, 3.05) is 12.3 Å². The molecule has 0 unspecified atom stereocenters. The highest BCUT2D eigenvalue weighted by molar-refractivity contribution is 7.99.